The van der Waals surface area contributed by atoms with Crippen molar-refractivity contribution in [3.63, 3.8) is 0 Å². The lowest BCUT2D eigenvalue weighted by Crippen LogP contribution is -2.34. The van der Waals surface area contributed by atoms with Crippen molar-refractivity contribution in [3.05, 3.63) is 51.2 Å². The highest BCUT2D eigenvalue weighted by Gasteiger charge is 2.32. The maximum atomic E-state index is 12.1. The number of nitrogens with two attached hydrogens (primary N) is 1. The van der Waals surface area contributed by atoms with Gasteiger partial charge in [-0.15, -0.1) is 11.3 Å². The molecule has 0 radical (unpaired) electrons. The van der Waals surface area contributed by atoms with Crippen molar-refractivity contribution in [2.24, 2.45) is 5.73 Å². The molecular formula is C17H17ClN4O3S. The monoisotopic (exact) mass is 392 g/mol. The lowest BCUT2D eigenvalue weighted by atomic mass is 10.1. The molecular weight excluding hydrogens is 376 g/mol. The van der Waals surface area contributed by atoms with Crippen LogP contribution in [0.3, 0.4) is 0 Å². The Kier molecular flexibility index (Phi) is 5.43. The Bertz CT molecular complexity index is 837. The zero-order chi connectivity index (χ0) is 18.7. The lowest BCUT2D eigenvalue weighted by molar-refractivity contribution is 0.0920. The molecule has 2 aromatic rings. The largest absolute Gasteiger partial charge is 0.442 e. The summed E-state index contributed by atoms with van der Waals surface area (Å²) in [5.74, 6) is -0.161. The normalized spacial score (nSPS) is 16.4. The number of ether oxygens (including phenoxy) is 1. The second kappa shape index (κ2) is 7.76. The number of nitrogens with zero attached hydrogens (tertiary/aromatic N) is 1. The summed E-state index contributed by atoms with van der Waals surface area (Å²) < 4.78 is 5.85. The number of hydrogen-bond acceptors (Lipinski definition) is 5. The van der Waals surface area contributed by atoms with E-state index in [1.54, 1.807) is 24.3 Å². The summed E-state index contributed by atoms with van der Waals surface area (Å²) in [4.78, 5) is 26.1. The van der Waals surface area contributed by atoms with Crippen LogP contribution in [0.1, 0.15) is 15.2 Å². The minimum absolute atomic E-state index is 0.0844. The Labute approximate surface area is 159 Å². The van der Waals surface area contributed by atoms with Crippen LogP contribution < -0.4 is 16.0 Å². The Morgan fingerprint density at radius 3 is 2.69 bits per heavy atom. The van der Waals surface area contributed by atoms with Crippen LogP contribution >= 0.6 is 22.9 Å². The number of carbonyl (C=O) groups is 2. The van der Waals surface area contributed by atoms with Crippen molar-refractivity contribution in [1.29, 1.82) is 5.41 Å². The predicted octanol–water partition coefficient (Wildman–Crippen LogP) is 2.64. The predicted molar refractivity (Wildman–Crippen MR) is 101 cm³/mol. The van der Waals surface area contributed by atoms with E-state index in [1.165, 1.54) is 16.2 Å². The van der Waals surface area contributed by atoms with Gasteiger partial charge in [0, 0.05) is 12.1 Å². The number of cyclic esters (lactones) is 1. The smallest absolute Gasteiger partial charge is 0.414 e. The molecule has 0 spiro atoms. The molecule has 1 saturated heterocycles. The van der Waals surface area contributed by atoms with Crippen LogP contribution in [0.5, 0.6) is 0 Å². The van der Waals surface area contributed by atoms with Crippen molar-refractivity contribution >= 4 is 46.5 Å². The number of amides is 2. The highest BCUT2D eigenvalue weighted by molar-refractivity contribution is 7.17. The zero-order valence-electron chi connectivity index (χ0n) is 13.7. The van der Waals surface area contributed by atoms with Crippen LogP contribution in [0, 0.1) is 5.41 Å². The van der Waals surface area contributed by atoms with Crippen LogP contribution in [0.15, 0.2) is 36.4 Å². The van der Waals surface area contributed by atoms with Gasteiger partial charge in [0.05, 0.1) is 28.1 Å². The SMILES string of the molecule is N=C(N)Cc1ccc(N2CC(CNC(=O)c3ccc(Cl)s3)OC2=O)cc1. The number of thiophene rings is 1. The Balaban J connectivity index is 1.56. The second-order valence-corrected chi connectivity index (χ2v) is 7.51. The summed E-state index contributed by atoms with van der Waals surface area (Å²) in [5, 5.41) is 10.1. The molecule has 1 aliphatic rings. The average Bonchev–Trinajstić information content (AvgIpc) is 3.19. The van der Waals surface area contributed by atoms with E-state index in [4.69, 9.17) is 27.5 Å². The Hall–Kier alpha value is -2.58. The van der Waals surface area contributed by atoms with E-state index >= 15 is 0 Å². The summed E-state index contributed by atoms with van der Waals surface area (Å²) in [7, 11) is 0. The number of hydrogen-bond donors (Lipinski definition) is 3. The molecule has 4 N–H and O–H groups in total. The maximum absolute atomic E-state index is 12.1. The topological polar surface area (TPSA) is 109 Å². The first-order valence-electron chi connectivity index (χ1n) is 7.86. The molecule has 136 valence electrons. The molecule has 9 heteroatoms. The minimum Gasteiger partial charge on any atom is -0.442 e. The number of nitrogens with one attached hydrogen (secondary N) is 2. The first-order chi connectivity index (χ1) is 12.4. The van der Waals surface area contributed by atoms with Gasteiger partial charge in [0.15, 0.2) is 0 Å². The van der Waals surface area contributed by atoms with Crippen LogP contribution in [-0.4, -0.2) is 37.0 Å². The highest BCUT2D eigenvalue weighted by atomic mass is 35.5. The molecule has 3 rings (SSSR count). The molecule has 1 aliphatic heterocycles. The van der Waals surface area contributed by atoms with E-state index in [0.29, 0.717) is 27.9 Å². The summed E-state index contributed by atoms with van der Waals surface area (Å²) in [5.41, 5.74) is 6.97. The summed E-state index contributed by atoms with van der Waals surface area (Å²) in [6, 6.07) is 10.5. The van der Waals surface area contributed by atoms with E-state index < -0.39 is 12.2 Å². The van der Waals surface area contributed by atoms with Crippen molar-refractivity contribution in [2.75, 3.05) is 18.0 Å². The molecule has 1 atom stereocenters. The molecule has 0 bridgehead atoms. The summed E-state index contributed by atoms with van der Waals surface area (Å²) in [6.45, 7) is 0.565. The van der Waals surface area contributed by atoms with E-state index in [2.05, 4.69) is 5.32 Å². The molecule has 1 aromatic heterocycles. The molecule has 7 nitrogen and oxygen atoms in total. The number of rotatable bonds is 6. The summed E-state index contributed by atoms with van der Waals surface area (Å²) in [6.07, 6.45) is -0.520. The van der Waals surface area contributed by atoms with Gasteiger partial charge in [-0.3, -0.25) is 15.1 Å². The molecule has 1 aromatic carbocycles. The zero-order valence-corrected chi connectivity index (χ0v) is 15.3. The molecule has 26 heavy (non-hydrogen) atoms. The minimum atomic E-state index is -0.456. The molecule has 0 aliphatic carbocycles. The highest BCUT2D eigenvalue weighted by Crippen LogP contribution is 2.23. The number of carbonyl (C=O) groups excluding carboxylic acids is 2. The number of benzene rings is 1. The van der Waals surface area contributed by atoms with Crippen LogP contribution in [0.2, 0.25) is 4.34 Å². The van der Waals surface area contributed by atoms with Crippen molar-refractivity contribution in [2.45, 2.75) is 12.5 Å². The fourth-order valence-electron chi connectivity index (χ4n) is 2.58. The fourth-order valence-corrected chi connectivity index (χ4v) is 3.54. The van der Waals surface area contributed by atoms with Gasteiger partial charge in [-0.25, -0.2) is 4.79 Å². The van der Waals surface area contributed by atoms with Gasteiger partial charge in [0.25, 0.3) is 5.91 Å². The average molecular weight is 393 g/mol. The van der Waals surface area contributed by atoms with Crippen molar-refractivity contribution < 1.29 is 14.3 Å². The van der Waals surface area contributed by atoms with Crippen LogP contribution in [0.4, 0.5) is 10.5 Å². The molecule has 1 fully saturated rings. The maximum Gasteiger partial charge on any atom is 0.414 e. The van der Waals surface area contributed by atoms with Gasteiger partial charge in [0.2, 0.25) is 0 Å². The molecule has 2 amide bonds. The molecule has 0 saturated carbocycles. The summed E-state index contributed by atoms with van der Waals surface area (Å²) >= 11 is 7.01. The second-order valence-electron chi connectivity index (χ2n) is 5.80. The number of halogens is 1. The number of anilines is 1. The Morgan fingerprint density at radius 1 is 1.35 bits per heavy atom. The van der Waals surface area contributed by atoms with E-state index in [1.807, 2.05) is 12.1 Å². The number of amidine groups is 1. The first-order valence-corrected chi connectivity index (χ1v) is 9.05. The molecule has 1 unspecified atom stereocenters. The van der Waals surface area contributed by atoms with Gasteiger partial charge in [-0.2, -0.15) is 0 Å². The van der Waals surface area contributed by atoms with Crippen molar-refractivity contribution in [1.82, 2.24) is 5.32 Å². The lowest BCUT2D eigenvalue weighted by Gasteiger charge is -2.13. The van der Waals surface area contributed by atoms with Crippen molar-refractivity contribution in [3.8, 4) is 0 Å². The van der Waals surface area contributed by atoms with Crippen LogP contribution in [-0.2, 0) is 11.2 Å². The third-order valence-electron chi connectivity index (χ3n) is 3.80. The van der Waals surface area contributed by atoms with Gasteiger partial charge >= 0.3 is 6.09 Å². The van der Waals surface area contributed by atoms with E-state index in [0.717, 1.165) is 5.56 Å². The first kappa shape index (κ1) is 18.2. The van der Waals surface area contributed by atoms with E-state index in [-0.39, 0.29) is 18.3 Å². The van der Waals surface area contributed by atoms with Gasteiger partial charge in [0.1, 0.15) is 6.10 Å². The van der Waals surface area contributed by atoms with Gasteiger partial charge in [-0.05, 0) is 29.8 Å². The van der Waals surface area contributed by atoms with Crippen LogP contribution in [0.25, 0.3) is 0 Å². The van der Waals surface area contributed by atoms with E-state index in [9.17, 15) is 9.59 Å². The van der Waals surface area contributed by atoms with Gasteiger partial charge < -0.3 is 15.8 Å². The quantitative estimate of drug-likeness (QED) is 0.518. The third kappa shape index (κ3) is 4.33. The third-order valence-corrected chi connectivity index (χ3v) is 5.03. The fraction of sp³-hybridized carbons (Fsp3) is 0.235. The standard InChI is InChI=1S/C17H17ClN4O3S/c18-14-6-5-13(26-14)16(23)21-8-12-9-22(17(24)25-12)11-3-1-10(2-4-11)7-15(19)20/h1-6,12H,7-9H2,(H3,19,20)(H,21,23). The van der Waals surface area contributed by atoms with Gasteiger partial charge in [-0.1, -0.05) is 23.7 Å². The molecule has 2 heterocycles. The Morgan fingerprint density at radius 2 is 2.08 bits per heavy atom.